The Hall–Kier alpha value is -1.88. The molecule has 4 aliphatic rings. The number of quaternary nitrogens is 1. The van der Waals surface area contributed by atoms with E-state index in [1.165, 1.54) is 25.1 Å². The number of esters is 1. The summed E-state index contributed by atoms with van der Waals surface area (Å²) in [5.41, 5.74) is 3.52. The Balaban J connectivity index is 1.25. The molecule has 2 saturated heterocycles. The topological polar surface area (TPSA) is 48.1 Å². The minimum atomic E-state index is 0.0758. The molecule has 0 spiro atoms. The Labute approximate surface area is 174 Å². The van der Waals surface area contributed by atoms with Gasteiger partial charge in [0.1, 0.15) is 38.2 Å². The van der Waals surface area contributed by atoms with Gasteiger partial charge in [0.05, 0.1) is 12.7 Å². The van der Waals surface area contributed by atoms with E-state index in [1.807, 2.05) is 12.3 Å². The van der Waals surface area contributed by atoms with Gasteiger partial charge >= 0.3 is 5.97 Å². The molecule has 0 unspecified atom stereocenters. The standard InChI is InChI=1S/C24H33N3O2/c1-17-6-5-8-24(2)15-21-18(14-20(17)24)19(23(28)29-21)16-26-10-12-27(13-11-26)22-7-3-4-9-25-22/h3-4,7,9,18-19,21H,5-6,8,10-16H2,1-2H3/p+2/t18-,19-,21-,24-/m1/s1. The molecule has 0 radical (unpaired) electrons. The summed E-state index contributed by atoms with van der Waals surface area (Å²) in [4.78, 5) is 20.1. The summed E-state index contributed by atoms with van der Waals surface area (Å²) in [6.07, 6.45) is 8.05. The third-order valence-electron chi connectivity index (χ3n) is 8.19. The number of pyridine rings is 1. The summed E-state index contributed by atoms with van der Waals surface area (Å²) < 4.78 is 5.97. The molecule has 2 aliphatic heterocycles. The second-order valence-corrected chi connectivity index (χ2v) is 10.0. The van der Waals surface area contributed by atoms with Crippen LogP contribution in [-0.2, 0) is 9.53 Å². The number of aromatic nitrogens is 1. The number of nitrogens with zero attached hydrogens (tertiary/aromatic N) is 1. The predicted molar refractivity (Wildman–Crippen MR) is 112 cm³/mol. The molecule has 3 fully saturated rings. The van der Waals surface area contributed by atoms with Crippen LogP contribution in [0.3, 0.4) is 0 Å². The lowest BCUT2D eigenvalue weighted by Gasteiger charge is -2.45. The Morgan fingerprint density at radius 1 is 1.31 bits per heavy atom. The molecule has 1 aromatic rings. The van der Waals surface area contributed by atoms with E-state index in [0.29, 0.717) is 5.92 Å². The lowest BCUT2D eigenvalue weighted by molar-refractivity contribution is -0.903. The van der Waals surface area contributed by atoms with Gasteiger partial charge in [-0.1, -0.05) is 24.1 Å². The Morgan fingerprint density at radius 3 is 2.90 bits per heavy atom. The molecular weight excluding hydrogens is 362 g/mol. The maximum Gasteiger partial charge on any atom is 0.315 e. The number of aromatic amines is 1. The molecule has 3 heterocycles. The smallest absolute Gasteiger partial charge is 0.315 e. The fraction of sp³-hybridized carbons (Fsp3) is 0.667. The number of carbonyl (C=O) groups is 1. The van der Waals surface area contributed by atoms with Gasteiger partial charge in [-0.3, -0.25) is 9.69 Å². The molecule has 5 rings (SSSR count). The highest BCUT2D eigenvalue weighted by Crippen LogP contribution is 2.54. The average Bonchev–Trinajstić information content (AvgIpc) is 3.01. The lowest BCUT2D eigenvalue weighted by atomic mass is 9.59. The minimum absolute atomic E-state index is 0.0758. The zero-order chi connectivity index (χ0) is 20.0. The molecule has 0 bridgehead atoms. The molecular formula is C24H35N3O2+2. The van der Waals surface area contributed by atoms with Crippen molar-refractivity contribution in [1.29, 1.82) is 0 Å². The summed E-state index contributed by atoms with van der Waals surface area (Å²) in [6, 6.07) is 6.24. The van der Waals surface area contributed by atoms with Crippen molar-refractivity contribution in [1.82, 2.24) is 0 Å². The number of rotatable bonds is 3. The number of nitrogens with one attached hydrogen (secondary N) is 2. The van der Waals surface area contributed by atoms with E-state index >= 15 is 0 Å². The normalized spacial score (nSPS) is 35.3. The molecule has 5 heteroatoms. The van der Waals surface area contributed by atoms with Gasteiger partial charge in [-0.2, -0.15) is 0 Å². The molecule has 2 aliphatic carbocycles. The van der Waals surface area contributed by atoms with E-state index < -0.39 is 0 Å². The molecule has 4 atom stereocenters. The first-order chi connectivity index (χ1) is 14.0. The van der Waals surface area contributed by atoms with Gasteiger partial charge in [-0.15, -0.1) is 0 Å². The van der Waals surface area contributed by atoms with Gasteiger partial charge in [0.2, 0.25) is 0 Å². The van der Waals surface area contributed by atoms with Crippen LogP contribution in [0.4, 0.5) is 5.82 Å². The van der Waals surface area contributed by atoms with Crippen molar-refractivity contribution in [2.75, 3.05) is 37.6 Å². The van der Waals surface area contributed by atoms with Gasteiger partial charge in [-0.25, -0.2) is 4.98 Å². The summed E-state index contributed by atoms with van der Waals surface area (Å²) in [7, 11) is 0. The number of H-pyrrole nitrogens is 1. The SMILES string of the molecule is CC1=C2C[C@H]3[C@@H](C[C@@]2(C)CCC1)OC(=O)[C@@H]3C[NH+]1CCN(c2cccc[nH+]2)CC1. The van der Waals surface area contributed by atoms with Crippen LogP contribution >= 0.6 is 0 Å². The molecule has 2 N–H and O–H groups in total. The number of anilines is 1. The number of piperazine rings is 1. The van der Waals surface area contributed by atoms with Crippen molar-refractivity contribution in [2.45, 2.75) is 52.1 Å². The van der Waals surface area contributed by atoms with Gasteiger partial charge in [0, 0.05) is 12.0 Å². The van der Waals surface area contributed by atoms with E-state index in [-0.39, 0.29) is 23.4 Å². The Kier molecular flexibility index (Phi) is 4.89. The summed E-state index contributed by atoms with van der Waals surface area (Å²) in [6.45, 7) is 9.92. The van der Waals surface area contributed by atoms with Crippen molar-refractivity contribution in [3.63, 3.8) is 0 Å². The third-order valence-corrected chi connectivity index (χ3v) is 8.19. The second-order valence-electron chi connectivity index (χ2n) is 10.0. The quantitative estimate of drug-likeness (QED) is 0.623. The van der Waals surface area contributed by atoms with Crippen LogP contribution in [0.2, 0.25) is 0 Å². The maximum atomic E-state index is 12.8. The number of carbonyl (C=O) groups excluding carboxylic acids is 1. The van der Waals surface area contributed by atoms with Crippen LogP contribution in [0.5, 0.6) is 0 Å². The van der Waals surface area contributed by atoms with E-state index in [9.17, 15) is 4.79 Å². The number of hydrogen-bond donors (Lipinski definition) is 1. The highest BCUT2D eigenvalue weighted by molar-refractivity contribution is 5.75. The summed E-state index contributed by atoms with van der Waals surface area (Å²) in [5.74, 6) is 1.74. The Morgan fingerprint density at radius 2 is 2.14 bits per heavy atom. The highest BCUT2D eigenvalue weighted by atomic mass is 16.6. The molecule has 0 amide bonds. The first-order valence-corrected chi connectivity index (χ1v) is 11.5. The van der Waals surface area contributed by atoms with Crippen molar-refractivity contribution >= 4 is 11.8 Å². The maximum absolute atomic E-state index is 12.8. The van der Waals surface area contributed by atoms with Crippen LogP contribution < -0.4 is 14.8 Å². The molecule has 5 nitrogen and oxygen atoms in total. The number of hydrogen-bond acceptors (Lipinski definition) is 3. The molecule has 156 valence electrons. The summed E-state index contributed by atoms with van der Waals surface area (Å²) in [5, 5.41) is 0. The predicted octanol–water partition coefficient (Wildman–Crippen LogP) is 1.66. The Bertz CT molecular complexity index is 800. The third kappa shape index (κ3) is 3.48. The zero-order valence-corrected chi connectivity index (χ0v) is 17.9. The number of ether oxygens (including phenoxy) is 1. The first kappa shape index (κ1) is 19.1. The largest absolute Gasteiger partial charge is 0.462 e. The minimum Gasteiger partial charge on any atom is -0.462 e. The van der Waals surface area contributed by atoms with E-state index in [4.69, 9.17) is 4.74 Å². The highest BCUT2D eigenvalue weighted by Gasteiger charge is 2.54. The van der Waals surface area contributed by atoms with Gasteiger partial charge in [-0.05, 0) is 50.5 Å². The summed E-state index contributed by atoms with van der Waals surface area (Å²) >= 11 is 0. The fourth-order valence-electron chi connectivity index (χ4n) is 6.51. The second kappa shape index (κ2) is 7.42. The molecule has 0 aromatic carbocycles. The van der Waals surface area contributed by atoms with Crippen molar-refractivity contribution in [3.8, 4) is 0 Å². The van der Waals surface area contributed by atoms with Gasteiger partial charge in [0.25, 0.3) is 5.82 Å². The monoisotopic (exact) mass is 397 g/mol. The van der Waals surface area contributed by atoms with Crippen molar-refractivity contribution < 1.29 is 19.4 Å². The van der Waals surface area contributed by atoms with E-state index in [2.05, 4.69) is 35.9 Å². The molecule has 29 heavy (non-hydrogen) atoms. The van der Waals surface area contributed by atoms with Crippen molar-refractivity contribution in [3.05, 3.63) is 35.5 Å². The number of allylic oxidation sites excluding steroid dienone is 2. The van der Waals surface area contributed by atoms with Crippen LogP contribution in [0, 0.1) is 17.3 Å². The van der Waals surface area contributed by atoms with E-state index in [1.54, 1.807) is 16.0 Å². The van der Waals surface area contributed by atoms with Crippen LogP contribution in [-0.4, -0.2) is 44.8 Å². The first-order valence-electron chi connectivity index (χ1n) is 11.5. The van der Waals surface area contributed by atoms with Crippen molar-refractivity contribution in [2.24, 2.45) is 17.3 Å². The van der Waals surface area contributed by atoms with E-state index in [0.717, 1.165) is 45.6 Å². The van der Waals surface area contributed by atoms with Gasteiger partial charge < -0.3 is 9.64 Å². The van der Waals surface area contributed by atoms with Crippen LogP contribution in [0.1, 0.15) is 46.0 Å². The average molecular weight is 398 g/mol. The fourth-order valence-corrected chi connectivity index (χ4v) is 6.51. The van der Waals surface area contributed by atoms with Gasteiger partial charge in [0.15, 0.2) is 0 Å². The lowest BCUT2D eigenvalue weighted by Crippen LogP contribution is -3.15. The zero-order valence-electron chi connectivity index (χ0n) is 17.9. The van der Waals surface area contributed by atoms with Crippen LogP contribution in [0.25, 0.3) is 0 Å². The number of fused-ring (bicyclic) bond motifs is 2. The molecule has 1 aromatic heterocycles. The van der Waals surface area contributed by atoms with Crippen LogP contribution in [0.15, 0.2) is 35.5 Å². The molecule has 1 saturated carbocycles.